The lowest BCUT2D eigenvalue weighted by atomic mass is 9.97. The second-order valence-corrected chi connectivity index (χ2v) is 11.5. The van der Waals surface area contributed by atoms with E-state index in [0.29, 0.717) is 17.0 Å². The molecule has 0 saturated heterocycles. The summed E-state index contributed by atoms with van der Waals surface area (Å²) in [6.07, 6.45) is 7.04. The molecule has 0 spiro atoms. The van der Waals surface area contributed by atoms with Crippen molar-refractivity contribution in [2.75, 3.05) is 5.32 Å². The molecule has 0 aliphatic heterocycles. The summed E-state index contributed by atoms with van der Waals surface area (Å²) in [5.41, 5.74) is 4.07. The Balaban J connectivity index is 1.42. The van der Waals surface area contributed by atoms with E-state index in [0.717, 1.165) is 78.6 Å². The van der Waals surface area contributed by atoms with E-state index >= 15 is 0 Å². The van der Waals surface area contributed by atoms with Crippen LogP contribution in [-0.2, 0) is 41.3 Å². The molecule has 0 bridgehead atoms. The van der Waals surface area contributed by atoms with Gasteiger partial charge in [-0.3, -0.25) is 0 Å². The van der Waals surface area contributed by atoms with Crippen molar-refractivity contribution in [1.82, 2.24) is 4.72 Å². The normalized spacial score (nSPS) is 17.9. The first-order chi connectivity index (χ1) is 15.1. The standard InChI is InChI=1S/C23H27ClN2O5S/c1-23(2,28)17-11-18(31-21(17)12-9-10-12)32(29,30)26-22(27)25-20-15-7-3-5-13(15)19(24)14-6-4-8-16(14)20/h11-12,28H,3-10H2,1-2H3,(H2,25,26,27). The lowest BCUT2D eigenvalue weighted by Gasteiger charge is -2.18. The van der Waals surface area contributed by atoms with Gasteiger partial charge in [-0.05, 0) is 87.5 Å². The Bertz CT molecular complexity index is 1190. The van der Waals surface area contributed by atoms with Crippen LogP contribution in [0.4, 0.5) is 10.5 Å². The van der Waals surface area contributed by atoms with Crippen LogP contribution >= 0.6 is 11.6 Å². The first kappa shape index (κ1) is 21.8. The molecule has 0 atom stereocenters. The van der Waals surface area contributed by atoms with Gasteiger partial charge in [0.25, 0.3) is 10.0 Å². The molecule has 0 unspecified atom stereocenters. The fourth-order valence-electron chi connectivity index (χ4n) is 4.99. The lowest BCUT2D eigenvalue weighted by molar-refractivity contribution is 0.0765. The Morgan fingerprint density at radius 3 is 2.19 bits per heavy atom. The number of fused-ring (bicyclic) bond motifs is 2. The third kappa shape index (κ3) is 3.72. The van der Waals surface area contributed by atoms with E-state index in [4.69, 9.17) is 16.0 Å². The number of amides is 2. The van der Waals surface area contributed by atoms with E-state index in [1.165, 1.54) is 6.07 Å². The Morgan fingerprint density at radius 2 is 1.66 bits per heavy atom. The van der Waals surface area contributed by atoms with E-state index in [-0.39, 0.29) is 11.0 Å². The van der Waals surface area contributed by atoms with Crippen LogP contribution in [0.25, 0.3) is 0 Å². The molecule has 3 aliphatic rings. The first-order valence-corrected chi connectivity index (χ1v) is 13.0. The maximum atomic E-state index is 12.9. The van der Waals surface area contributed by atoms with Gasteiger partial charge < -0.3 is 14.8 Å². The number of benzene rings is 1. The van der Waals surface area contributed by atoms with Crippen LogP contribution in [0.15, 0.2) is 15.6 Å². The van der Waals surface area contributed by atoms with Gasteiger partial charge in [-0.25, -0.2) is 9.52 Å². The van der Waals surface area contributed by atoms with Crippen LogP contribution in [0.3, 0.4) is 0 Å². The van der Waals surface area contributed by atoms with Crippen molar-refractivity contribution >= 4 is 33.3 Å². The summed E-state index contributed by atoms with van der Waals surface area (Å²) < 4.78 is 33.6. The molecule has 3 aliphatic carbocycles. The molecule has 1 aromatic heterocycles. The number of urea groups is 1. The predicted molar refractivity (Wildman–Crippen MR) is 121 cm³/mol. The summed E-state index contributed by atoms with van der Waals surface area (Å²) in [5.74, 6) is 0.583. The maximum Gasteiger partial charge on any atom is 0.333 e. The van der Waals surface area contributed by atoms with Gasteiger partial charge in [0.15, 0.2) is 0 Å². The molecule has 1 heterocycles. The minimum atomic E-state index is -4.25. The average Bonchev–Trinajstić information content (AvgIpc) is 3.15. The number of carbonyl (C=O) groups is 1. The number of anilines is 1. The van der Waals surface area contributed by atoms with E-state index in [1.54, 1.807) is 13.8 Å². The van der Waals surface area contributed by atoms with Crippen molar-refractivity contribution in [3.63, 3.8) is 0 Å². The van der Waals surface area contributed by atoms with E-state index in [1.807, 2.05) is 0 Å². The van der Waals surface area contributed by atoms with Gasteiger partial charge in [-0.15, -0.1) is 0 Å². The van der Waals surface area contributed by atoms with Gasteiger partial charge in [0.2, 0.25) is 5.09 Å². The van der Waals surface area contributed by atoms with Gasteiger partial charge in [0.1, 0.15) is 5.76 Å². The zero-order chi connectivity index (χ0) is 22.8. The molecule has 7 nitrogen and oxygen atoms in total. The number of rotatable bonds is 5. The van der Waals surface area contributed by atoms with Crippen LogP contribution in [0.2, 0.25) is 5.02 Å². The topological polar surface area (TPSA) is 109 Å². The summed E-state index contributed by atoms with van der Waals surface area (Å²) >= 11 is 6.62. The molecule has 9 heteroatoms. The largest absolute Gasteiger partial charge is 0.447 e. The summed E-state index contributed by atoms with van der Waals surface area (Å²) in [5, 5.41) is 13.7. The van der Waals surface area contributed by atoms with E-state index in [2.05, 4.69) is 10.0 Å². The predicted octanol–water partition coefficient (Wildman–Crippen LogP) is 4.53. The quantitative estimate of drug-likeness (QED) is 0.585. The lowest BCUT2D eigenvalue weighted by Crippen LogP contribution is -2.34. The summed E-state index contributed by atoms with van der Waals surface area (Å²) in [7, 11) is -4.25. The highest BCUT2D eigenvalue weighted by Gasteiger charge is 2.37. The van der Waals surface area contributed by atoms with Gasteiger partial charge in [0, 0.05) is 28.3 Å². The van der Waals surface area contributed by atoms with Gasteiger partial charge in [0.05, 0.1) is 5.60 Å². The number of nitrogens with one attached hydrogen (secondary N) is 2. The number of carbonyl (C=O) groups excluding carboxylic acids is 1. The monoisotopic (exact) mass is 478 g/mol. The number of halogens is 1. The van der Waals surface area contributed by atoms with Crippen LogP contribution < -0.4 is 10.0 Å². The van der Waals surface area contributed by atoms with Crippen molar-refractivity contribution in [3.05, 3.63) is 44.7 Å². The Kier molecular flexibility index (Phi) is 5.11. The molecule has 2 amide bonds. The van der Waals surface area contributed by atoms with Gasteiger partial charge in [-0.1, -0.05) is 11.6 Å². The maximum absolute atomic E-state index is 12.9. The number of aliphatic hydroxyl groups is 1. The van der Waals surface area contributed by atoms with Crippen molar-refractivity contribution in [1.29, 1.82) is 0 Å². The molecular formula is C23H27ClN2O5S. The summed E-state index contributed by atoms with van der Waals surface area (Å²) in [6.45, 7) is 3.17. The molecule has 172 valence electrons. The molecule has 1 fully saturated rings. The SMILES string of the molecule is CC(C)(O)c1cc(S(=O)(=O)NC(=O)Nc2c3c(c(Cl)c4c2CCC4)CCC3)oc1C1CC1. The summed E-state index contributed by atoms with van der Waals surface area (Å²) in [6, 6.07) is 0.491. The fraction of sp³-hybridized carbons (Fsp3) is 0.522. The van der Waals surface area contributed by atoms with Crippen molar-refractivity contribution in [2.24, 2.45) is 0 Å². The highest BCUT2D eigenvalue weighted by Crippen LogP contribution is 2.46. The highest BCUT2D eigenvalue weighted by atomic mass is 35.5. The Morgan fingerprint density at radius 1 is 1.09 bits per heavy atom. The van der Waals surface area contributed by atoms with Crippen LogP contribution in [0, 0.1) is 0 Å². The molecule has 5 rings (SSSR count). The molecule has 2 aromatic rings. The number of furan rings is 1. The smallest absolute Gasteiger partial charge is 0.333 e. The number of hydrogen-bond donors (Lipinski definition) is 3. The van der Waals surface area contributed by atoms with E-state index < -0.39 is 21.7 Å². The highest BCUT2D eigenvalue weighted by molar-refractivity contribution is 7.89. The van der Waals surface area contributed by atoms with Crippen molar-refractivity contribution in [3.8, 4) is 0 Å². The fourth-order valence-corrected chi connectivity index (χ4v) is 6.28. The van der Waals surface area contributed by atoms with Crippen LogP contribution in [0.5, 0.6) is 0 Å². The third-order valence-electron chi connectivity index (χ3n) is 6.65. The molecule has 1 aromatic carbocycles. The van der Waals surface area contributed by atoms with Crippen molar-refractivity contribution in [2.45, 2.75) is 81.8 Å². The second kappa shape index (κ2) is 7.50. The molecular weight excluding hydrogens is 452 g/mol. The van der Waals surface area contributed by atoms with Crippen LogP contribution in [-0.4, -0.2) is 19.6 Å². The molecule has 3 N–H and O–H groups in total. The first-order valence-electron chi connectivity index (χ1n) is 11.1. The average molecular weight is 479 g/mol. The number of hydrogen-bond acceptors (Lipinski definition) is 5. The minimum Gasteiger partial charge on any atom is -0.447 e. The number of sulfonamides is 1. The molecule has 0 radical (unpaired) electrons. The van der Waals surface area contributed by atoms with Gasteiger partial charge in [-0.2, -0.15) is 8.42 Å². The third-order valence-corrected chi connectivity index (χ3v) is 8.29. The second-order valence-electron chi connectivity index (χ2n) is 9.55. The summed E-state index contributed by atoms with van der Waals surface area (Å²) in [4.78, 5) is 12.8. The van der Waals surface area contributed by atoms with Crippen molar-refractivity contribution < 1.29 is 22.7 Å². The zero-order valence-corrected chi connectivity index (χ0v) is 19.8. The minimum absolute atomic E-state index is 0.105. The Labute approximate surface area is 192 Å². The van der Waals surface area contributed by atoms with E-state index in [9.17, 15) is 18.3 Å². The Hall–Kier alpha value is -2.03. The van der Waals surface area contributed by atoms with Gasteiger partial charge >= 0.3 is 6.03 Å². The van der Waals surface area contributed by atoms with Crippen LogP contribution in [0.1, 0.15) is 79.0 Å². The molecule has 32 heavy (non-hydrogen) atoms. The zero-order valence-electron chi connectivity index (χ0n) is 18.2. The molecule has 1 saturated carbocycles.